The van der Waals surface area contributed by atoms with E-state index in [9.17, 15) is 4.79 Å². The van der Waals surface area contributed by atoms with E-state index >= 15 is 0 Å². The van der Waals surface area contributed by atoms with Crippen LogP contribution in [0.1, 0.15) is 26.7 Å². The summed E-state index contributed by atoms with van der Waals surface area (Å²) >= 11 is 0. The fourth-order valence-corrected chi connectivity index (χ4v) is 2.86. The Morgan fingerprint density at radius 1 is 1.20 bits per heavy atom. The molecule has 116 valence electrons. The minimum Gasteiger partial charge on any atom is -0.378 e. The molecule has 0 unspecified atom stereocenters. The Labute approximate surface area is 122 Å². The first kappa shape index (κ1) is 15.7. The molecule has 0 spiro atoms. The lowest BCUT2D eigenvalue weighted by Gasteiger charge is -2.34. The van der Waals surface area contributed by atoms with E-state index in [-0.39, 0.29) is 5.91 Å². The summed E-state index contributed by atoms with van der Waals surface area (Å²) in [6.07, 6.45) is 2.41. The van der Waals surface area contributed by atoms with E-state index in [0.717, 1.165) is 38.6 Å². The van der Waals surface area contributed by atoms with Crippen LogP contribution in [0.15, 0.2) is 0 Å². The zero-order valence-electron chi connectivity index (χ0n) is 12.9. The number of nitrogens with zero attached hydrogens (tertiary/aromatic N) is 2. The lowest BCUT2D eigenvalue weighted by Crippen LogP contribution is -2.47. The summed E-state index contributed by atoms with van der Waals surface area (Å²) in [5, 5.41) is 3.51. The van der Waals surface area contributed by atoms with Crippen molar-refractivity contribution in [3.05, 3.63) is 0 Å². The topological polar surface area (TPSA) is 44.8 Å². The zero-order chi connectivity index (χ0) is 14.4. The maximum absolute atomic E-state index is 12.2. The molecule has 0 aromatic carbocycles. The molecular weight excluding hydrogens is 254 g/mol. The van der Waals surface area contributed by atoms with Gasteiger partial charge in [0, 0.05) is 19.1 Å². The van der Waals surface area contributed by atoms with E-state index in [4.69, 9.17) is 4.74 Å². The molecule has 5 heteroatoms. The maximum Gasteiger partial charge on any atom is 0.236 e. The van der Waals surface area contributed by atoms with Crippen molar-refractivity contribution in [3.8, 4) is 0 Å². The number of ether oxygens (including phenoxy) is 1. The summed E-state index contributed by atoms with van der Waals surface area (Å²) in [4.78, 5) is 16.4. The quantitative estimate of drug-likeness (QED) is 0.800. The molecule has 0 saturated carbocycles. The number of amides is 1. The van der Waals surface area contributed by atoms with Crippen LogP contribution in [0.4, 0.5) is 0 Å². The third-order valence-electron chi connectivity index (χ3n) is 4.24. The molecule has 0 bridgehead atoms. The number of piperidine rings is 1. The first-order chi connectivity index (χ1) is 9.65. The fourth-order valence-electron chi connectivity index (χ4n) is 2.86. The molecule has 2 aliphatic heterocycles. The van der Waals surface area contributed by atoms with Gasteiger partial charge in [-0.15, -0.1) is 0 Å². The molecule has 2 heterocycles. The predicted octanol–water partition coefficient (Wildman–Crippen LogP) is 0.555. The molecule has 0 aliphatic carbocycles. The Morgan fingerprint density at radius 3 is 2.45 bits per heavy atom. The molecular formula is C15H29N3O2. The van der Waals surface area contributed by atoms with E-state index in [1.54, 1.807) is 0 Å². The Morgan fingerprint density at radius 2 is 1.85 bits per heavy atom. The molecule has 2 fully saturated rings. The second-order valence-corrected chi connectivity index (χ2v) is 6.28. The standard InChI is InChI=1S/C15H29N3O2/c1-13(2)16-11-14-3-5-17(6-4-14)12-15(19)18-7-9-20-10-8-18/h13-14,16H,3-12H2,1-2H3. The number of carbonyl (C=O) groups is 1. The van der Waals surface area contributed by atoms with Crippen molar-refractivity contribution >= 4 is 5.91 Å². The average Bonchev–Trinajstić information content (AvgIpc) is 2.47. The summed E-state index contributed by atoms with van der Waals surface area (Å²) < 4.78 is 5.29. The minimum atomic E-state index is 0.270. The van der Waals surface area contributed by atoms with Gasteiger partial charge in [0.2, 0.25) is 5.91 Å². The molecule has 5 nitrogen and oxygen atoms in total. The monoisotopic (exact) mass is 283 g/mol. The molecule has 0 aromatic rings. The largest absolute Gasteiger partial charge is 0.378 e. The maximum atomic E-state index is 12.2. The van der Waals surface area contributed by atoms with Crippen molar-refractivity contribution < 1.29 is 9.53 Å². The molecule has 0 atom stereocenters. The summed E-state index contributed by atoms with van der Waals surface area (Å²) in [6.45, 7) is 11.1. The molecule has 2 rings (SSSR count). The number of rotatable bonds is 5. The van der Waals surface area contributed by atoms with Crippen LogP contribution in [0.5, 0.6) is 0 Å². The Hall–Kier alpha value is -0.650. The number of likely N-dealkylation sites (tertiary alicyclic amines) is 1. The summed E-state index contributed by atoms with van der Waals surface area (Å²) in [7, 11) is 0. The Balaban J connectivity index is 1.64. The van der Waals surface area contributed by atoms with Crippen molar-refractivity contribution in [2.75, 3.05) is 52.5 Å². The molecule has 20 heavy (non-hydrogen) atoms. The van der Waals surface area contributed by atoms with Crippen molar-refractivity contribution in [3.63, 3.8) is 0 Å². The highest BCUT2D eigenvalue weighted by molar-refractivity contribution is 5.78. The van der Waals surface area contributed by atoms with Crippen molar-refractivity contribution in [2.45, 2.75) is 32.7 Å². The molecule has 2 saturated heterocycles. The van der Waals surface area contributed by atoms with Gasteiger partial charge >= 0.3 is 0 Å². The Bertz CT molecular complexity index is 295. The van der Waals surface area contributed by atoms with E-state index in [2.05, 4.69) is 24.1 Å². The van der Waals surface area contributed by atoms with Crippen molar-refractivity contribution in [1.82, 2.24) is 15.1 Å². The van der Waals surface area contributed by atoms with Crippen LogP contribution in [-0.4, -0.2) is 74.2 Å². The van der Waals surface area contributed by atoms with Gasteiger partial charge < -0.3 is 15.0 Å². The predicted molar refractivity (Wildman–Crippen MR) is 79.7 cm³/mol. The van der Waals surface area contributed by atoms with Crippen LogP contribution in [0.25, 0.3) is 0 Å². The summed E-state index contributed by atoms with van der Waals surface area (Å²) in [5.41, 5.74) is 0. The number of hydrogen-bond donors (Lipinski definition) is 1. The van der Waals surface area contributed by atoms with Crippen LogP contribution in [0, 0.1) is 5.92 Å². The highest BCUT2D eigenvalue weighted by Crippen LogP contribution is 2.16. The zero-order valence-corrected chi connectivity index (χ0v) is 12.9. The van der Waals surface area contributed by atoms with Crippen LogP contribution in [0.3, 0.4) is 0 Å². The summed E-state index contributed by atoms with van der Waals surface area (Å²) in [5.74, 6) is 1.04. The SMILES string of the molecule is CC(C)NCC1CCN(CC(=O)N2CCOCC2)CC1. The fraction of sp³-hybridized carbons (Fsp3) is 0.933. The minimum absolute atomic E-state index is 0.270. The summed E-state index contributed by atoms with van der Waals surface area (Å²) in [6, 6.07) is 0.566. The van der Waals surface area contributed by atoms with E-state index in [1.165, 1.54) is 12.8 Å². The number of hydrogen-bond acceptors (Lipinski definition) is 4. The first-order valence-electron chi connectivity index (χ1n) is 7.96. The van der Waals surface area contributed by atoms with Gasteiger partial charge in [-0.1, -0.05) is 13.8 Å². The van der Waals surface area contributed by atoms with Crippen LogP contribution >= 0.6 is 0 Å². The average molecular weight is 283 g/mol. The van der Waals surface area contributed by atoms with E-state index < -0.39 is 0 Å². The van der Waals surface area contributed by atoms with Crippen LogP contribution in [0.2, 0.25) is 0 Å². The van der Waals surface area contributed by atoms with Gasteiger partial charge in [-0.05, 0) is 38.4 Å². The molecule has 1 N–H and O–H groups in total. The van der Waals surface area contributed by atoms with Crippen LogP contribution in [-0.2, 0) is 9.53 Å². The van der Waals surface area contributed by atoms with Gasteiger partial charge in [0.15, 0.2) is 0 Å². The lowest BCUT2D eigenvalue weighted by molar-refractivity contribution is -0.136. The number of carbonyl (C=O) groups excluding carboxylic acids is 1. The second kappa shape index (κ2) is 7.96. The number of nitrogens with one attached hydrogen (secondary N) is 1. The molecule has 2 aliphatic rings. The number of morpholine rings is 1. The van der Waals surface area contributed by atoms with Gasteiger partial charge in [-0.2, -0.15) is 0 Å². The highest BCUT2D eigenvalue weighted by atomic mass is 16.5. The van der Waals surface area contributed by atoms with E-state index in [1.807, 2.05) is 4.90 Å². The first-order valence-corrected chi connectivity index (χ1v) is 7.96. The third-order valence-corrected chi connectivity index (χ3v) is 4.24. The van der Waals surface area contributed by atoms with Gasteiger partial charge in [0.05, 0.1) is 19.8 Å². The Kier molecular flexibility index (Phi) is 6.26. The third kappa shape index (κ3) is 5.04. The van der Waals surface area contributed by atoms with Crippen LogP contribution < -0.4 is 5.32 Å². The smallest absolute Gasteiger partial charge is 0.236 e. The highest BCUT2D eigenvalue weighted by Gasteiger charge is 2.23. The normalized spacial score (nSPS) is 22.4. The second-order valence-electron chi connectivity index (χ2n) is 6.28. The van der Waals surface area contributed by atoms with Crippen molar-refractivity contribution in [1.29, 1.82) is 0 Å². The van der Waals surface area contributed by atoms with Crippen molar-refractivity contribution in [2.24, 2.45) is 5.92 Å². The van der Waals surface area contributed by atoms with E-state index in [0.29, 0.717) is 25.8 Å². The van der Waals surface area contributed by atoms with Gasteiger partial charge in [0.25, 0.3) is 0 Å². The van der Waals surface area contributed by atoms with Gasteiger partial charge in [-0.3, -0.25) is 9.69 Å². The molecule has 0 aromatic heterocycles. The van der Waals surface area contributed by atoms with Gasteiger partial charge in [0.1, 0.15) is 0 Å². The molecule has 0 radical (unpaired) electrons. The lowest BCUT2D eigenvalue weighted by atomic mass is 9.96. The molecule has 1 amide bonds. The van der Waals surface area contributed by atoms with Gasteiger partial charge in [-0.25, -0.2) is 0 Å².